The van der Waals surface area contributed by atoms with Gasteiger partial charge in [-0.05, 0) is 56.2 Å². The third kappa shape index (κ3) is 2.07. The van der Waals surface area contributed by atoms with E-state index in [0.717, 1.165) is 24.9 Å². The van der Waals surface area contributed by atoms with Gasteiger partial charge in [0.15, 0.2) is 17.6 Å². The fraction of sp³-hybridized carbons (Fsp3) is 0.739. The minimum Gasteiger partial charge on any atom is -0.493 e. The van der Waals surface area contributed by atoms with Crippen LogP contribution in [0.4, 0.5) is 8.78 Å². The predicted molar refractivity (Wildman–Crippen MR) is 102 cm³/mol. The van der Waals surface area contributed by atoms with Crippen LogP contribution in [0.25, 0.3) is 0 Å². The molecule has 0 amide bonds. The Balaban J connectivity index is 1.50. The second-order valence-corrected chi connectivity index (χ2v) is 9.63. The quantitative estimate of drug-likeness (QED) is 0.732. The first-order valence-electron chi connectivity index (χ1n) is 11.1. The summed E-state index contributed by atoms with van der Waals surface area (Å²) in [6.45, 7) is 0.928. The van der Waals surface area contributed by atoms with E-state index < -0.39 is 17.4 Å². The molecule has 0 unspecified atom stereocenters. The molecule has 2 bridgehead atoms. The molecule has 1 aromatic carbocycles. The highest BCUT2D eigenvalue weighted by molar-refractivity contribution is 5.61. The van der Waals surface area contributed by atoms with Gasteiger partial charge in [0.25, 0.3) is 5.92 Å². The summed E-state index contributed by atoms with van der Waals surface area (Å²) in [4.78, 5) is 2.72. The molecule has 28 heavy (non-hydrogen) atoms. The number of halogens is 2. The fourth-order valence-corrected chi connectivity index (χ4v) is 7.54. The van der Waals surface area contributed by atoms with Crippen molar-refractivity contribution in [2.75, 3.05) is 13.7 Å². The van der Waals surface area contributed by atoms with Crippen molar-refractivity contribution in [1.82, 2.24) is 4.90 Å². The summed E-state index contributed by atoms with van der Waals surface area (Å²) in [6.07, 6.45) is 7.80. The minimum absolute atomic E-state index is 0.0509. The number of hydrogen-bond acceptors (Lipinski definition) is 3. The number of piperidine rings is 1. The van der Waals surface area contributed by atoms with Crippen LogP contribution in [0.2, 0.25) is 0 Å². The lowest BCUT2D eigenvalue weighted by Gasteiger charge is -2.60. The molecular weight excluding hydrogens is 360 g/mol. The van der Waals surface area contributed by atoms with Gasteiger partial charge in [-0.15, -0.1) is 0 Å². The zero-order valence-electron chi connectivity index (χ0n) is 16.6. The summed E-state index contributed by atoms with van der Waals surface area (Å²) in [6, 6.07) is 5.05. The summed E-state index contributed by atoms with van der Waals surface area (Å²) in [5, 5.41) is 0. The number of alkyl halides is 2. The van der Waals surface area contributed by atoms with Gasteiger partial charge in [-0.1, -0.05) is 25.3 Å². The van der Waals surface area contributed by atoms with Crippen LogP contribution in [0.5, 0.6) is 11.5 Å². The Bertz CT molecular complexity index is 806. The van der Waals surface area contributed by atoms with Gasteiger partial charge in [0.05, 0.1) is 7.11 Å². The largest absolute Gasteiger partial charge is 0.493 e. The Morgan fingerprint density at radius 1 is 1.11 bits per heavy atom. The molecule has 0 N–H and O–H groups in total. The van der Waals surface area contributed by atoms with E-state index in [1.807, 2.05) is 6.07 Å². The molecule has 3 fully saturated rings. The van der Waals surface area contributed by atoms with Crippen molar-refractivity contribution >= 4 is 0 Å². The van der Waals surface area contributed by atoms with Gasteiger partial charge in [-0.2, -0.15) is 0 Å². The van der Waals surface area contributed by atoms with Crippen LogP contribution in [-0.4, -0.2) is 42.7 Å². The van der Waals surface area contributed by atoms with Gasteiger partial charge >= 0.3 is 0 Å². The van der Waals surface area contributed by atoms with Crippen LogP contribution in [0.3, 0.4) is 0 Å². The van der Waals surface area contributed by atoms with Gasteiger partial charge in [-0.25, -0.2) is 8.78 Å². The molecule has 2 heterocycles. The predicted octanol–water partition coefficient (Wildman–Crippen LogP) is 4.70. The van der Waals surface area contributed by atoms with Crippen molar-refractivity contribution in [2.24, 2.45) is 5.92 Å². The molecule has 2 aliphatic heterocycles. The van der Waals surface area contributed by atoms with Crippen molar-refractivity contribution in [3.05, 3.63) is 23.3 Å². The highest BCUT2D eigenvalue weighted by atomic mass is 19.3. The SMILES string of the molecule is COc1ccc2c3c1O[C@@H]1C(F)(F)CC[C@@H]4[C@H](C2)N(C2CCCCC2)CC[C@]341. The van der Waals surface area contributed by atoms with Crippen LogP contribution in [0.1, 0.15) is 62.5 Å². The highest BCUT2D eigenvalue weighted by Crippen LogP contribution is 2.66. The second kappa shape index (κ2) is 5.84. The molecule has 1 saturated heterocycles. The Hall–Kier alpha value is -1.36. The number of hydrogen-bond donors (Lipinski definition) is 0. The summed E-state index contributed by atoms with van der Waals surface area (Å²) >= 11 is 0. The van der Waals surface area contributed by atoms with Gasteiger partial charge in [0.1, 0.15) is 0 Å². The maximum absolute atomic E-state index is 15.1. The fourth-order valence-electron chi connectivity index (χ4n) is 7.54. The molecular formula is C23H29F2NO2. The Morgan fingerprint density at radius 3 is 2.71 bits per heavy atom. The molecule has 1 aromatic rings. The zero-order chi connectivity index (χ0) is 19.1. The summed E-state index contributed by atoms with van der Waals surface area (Å²) in [5.74, 6) is -1.27. The van der Waals surface area contributed by atoms with Crippen molar-refractivity contribution in [3.8, 4) is 11.5 Å². The normalized spacial score (nSPS) is 38.6. The standard InChI is InChI=1S/C23H29F2NO2/c1-27-18-8-7-14-13-17-16-9-10-23(24,25)21-22(16,19(14)20(18)28-21)11-12-26(17)15-5-3-2-4-6-15/h7-8,15-17,21H,2-6,9-13H2,1H3/t16-,17+,21+,22-/m1/s1. The van der Waals surface area contributed by atoms with E-state index in [2.05, 4.69) is 11.0 Å². The number of methoxy groups -OCH3 is 1. The third-order valence-corrected chi connectivity index (χ3v) is 8.58. The first kappa shape index (κ1) is 17.5. The van der Waals surface area contributed by atoms with E-state index >= 15 is 8.78 Å². The average molecular weight is 389 g/mol. The molecule has 6 rings (SSSR count). The first-order chi connectivity index (χ1) is 13.6. The minimum atomic E-state index is -2.77. The van der Waals surface area contributed by atoms with Gasteiger partial charge in [0.2, 0.25) is 0 Å². The van der Waals surface area contributed by atoms with E-state index in [1.165, 1.54) is 37.7 Å². The van der Waals surface area contributed by atoms with Crippen LogP contribution >= 0.6 is 0 Å². The number of nitrogens with zero attached hydrogens (tertiary/aromatic N) is 1. The van der Waals surface area contributed by atoms with E-state index in [9.17, 15) is 0 Å². The second-order valence-electron chi connectivity index (χ2n) is 9.63. The lowest BCUT2D eigenvalue weighted by molar-refractivity contribution is -0.185. The molecule has 5 aliphatic rings. The lowest BCUT2D eigenvalue weighted by Crippen LogP contribution is -2.69. The Kier molecular flexibility index (Phi) is 3.65. The Morgan fingerprint density at radius 2 is 1.93 bits per heavy atom. The topological polar surface area (TPSA) is 21.7 Å². The summed E-state index contributed by atoms with van der Waals surface area (Å²) < 4.78 is 41.9. The van der Waals surface area contributed by atoms with Crippen molar-refractivity contribution in [3.63, 3.8) is 0 Å². The van der Waals surface area contributed by atoms with Gasteiger partial charge < -0.3 is 9.47 Å². The lowest BCUT2D eigenvalue weighted by atomic mass is 9.51. The molecule has 4 atom stereocenters. The van der Waals surface area contributed by atoms with Gasteiger partial charge in [0, 0.05) is 29.5 Å². The van der Waals surface area contributed by atoms with Crippen LogP contribution in [0.15, 0.2) is 12.1 Å². The van der Waals surface area contributed by atoms with Crippen molar-refractivity contribution in [1.29, 1.82) is 0 Å². The van der Waals surface area contributed by atoms with E-state index in [-0.39, 0.29) is 12.3 Å². The van der Waals surface area contributed by atoms with E-state index in [1.54, 1.807) is 7.11 Å². The maximum Gasteiger partial charge on any atom is 0.285 e. The molecule has 0 aromatic heterocycles. The molecule has 3 aliphatic carbocycles. The molecule has 1 spiro atoms. The molecule has 2 saturated carbocycles. The Labute approximate surface area is 165 Å². The summed E-state index contributed by atoms with van der Waals surface area (Å²) in [7, 11) is 1.61. The maximum atomic E-state index is 15.1. The average Bonchev–Trinajstić information content (AvgIpc) is 3.05. The van der Waals surface area contributed by atoms with Crippen LogP contribution < -0.4 is 9.47 Å². The van der Waals surface area contributed by atoms with Gasteiger partial charge in [-0.3, -0.25) is 4.90 Å². The van der Waals surface area contributed by atoms with Crippen molar-refractivity contribution < 1.29 is 18.3 Å². The molecule has 0 radical (unpaired) electrons. The van der Waals surface area contributed by atoms with E-state index in [4.69, 9.17) is 9.47 Å². The highest BCUT2D eigenvalue weighted by Gasteiger charge is 2.71. The smallest absolute Gasteiger partial charge is 0.285 e. The number of ether oxygens (including phenoxy) is 2. The zero-order valence-corrected chi connectivity index (χ0v) is 16.6. The monoisotopic (exact) mass is 389 g/mol. The number of rotatable bonds is 2. The summed E-state index contributed by atoms with van der Waals surface area (Å²) in [5.41, 5.74) is 1.76. The van der Waals surface area contributed by atoms with Crippen molar-refractivity contribution in [2.45, 2.75) is 87.3 Å². The third-order valence-electron chi connectivity index (χ3n) is 8.58. The number of likely N-dealkylation sites (tertiary alicyclic amines) is 1. The molecule has 5 heteroatoms. The van der Waals surface area contributed by atoms with Crippen LogP contribution in [0, 0.1) is 5.92 Å². The first-order valence-corrected chi connectivity index (χ1v) is 11.1. The van der Waals surface area contributed by atoms with Crippen LogP contribution in [-0.2, 0) is 11.8 Å². The molecule has 152 valence electrons. The molecule has 3 nitrogen and oxygen atoms in total. The van der Waals surface area contributed by atoms with E-state index in [0.29, 0.717) is 30.0 Å². The number of benzene rings is 1.